The highest BCUT2D eigenvalue weighted by Gasteiger charge is 2.39. The minimum absolute atomic E-state index is 0.0190. The van der Waals surface area contributed by atoms with Gasteiger partial charge in [-0.25, -0.2) is 0 Å². The molecule has 70 valence electrons. The van der Waals surface area contributed by atoms with Gasteiger partial charge in [-0.3, -0.25) is 0 Å². The van der Waals surface area contributed by atoms with E-state index >= 15 is 0 Å². The van der Waals surface area contributed by atoms with Crippen LogP contribution in [0.3, 0.4) is 0 Å². The maximum Gasteiger partial charge on any atom is 0.126 e. The Kier molecular flexibility index (Phi) is 3.57. The van der Waals surface area contributed by atoms with Crippen LogP contribution in [-0.4, -0.2) is 12.2 Å². The molecule has 0 aromatic carbocycles. The Hall–Kier alpha value is -0.0400. The van der Waals surface area contributed by atoms with Gasteiger partial charge in [-0.15, -0.1) is 11.6 Å². The molecule has 1 rings (SSSR count). The summed E-state index contributed by atoms with van der Waals surface area (Å²) < 4.78 is 0. The van der Waals surface area contributed by atoms with Crippen molar-refractivity contribution in [3.8, 4) is 0 Å². The highest BCUT2D eigenvalue weighted by Crippen LogP contribution is 2.44. The summed E-state index contributed by atoms with van der Waals surface area (Å²) in [6, 6.07) is 0. The van der Waals surface area contributed by atoms with E-state index in [0.717, 1.165) is 19.3 Å². The SMILES string of the molecule is CC1CCCC1(C=O)CCCCl. The number of aldehydes is 1. The third-order valence-electron chi connectivity index (χ3n) is 3.27. The van der Waals surface area contributed by atoms with Gasteiger partial charge >= 0.3 is 0 Å². The normalized spacial score (nSPS) is 35.3. The van der Waals surface area contributed by atoms with Gasteiger partial charge in [0.05, 0.1) is 0 Å². The number of hydrogen-bond donors (Lipinski definition) is 0. The third kappa shape index (κ3) is 1.82. The summed E-state index contributed by atoms with van der Waals surface area (Å²) >= 11 is 5.63. The van der Waals surface area contributed by atoms with E-state index in [1.165, 1.54) is 19.1 Å². The average Bonchev–Trinajstić information content (AvgIpc) is 2.45. The molecule has 1 aliphatic carbocycles. The fourth-order valence-electron chi connectivity index (χ4n) is 2.27. The average molecular weight is 189 g/mol. The van der Waals surface area contributed by atoms with Crippen LogP contribution in [0, 0.1) is 11.3 Å². The summed E-state index contributed by atoms with van der Waals surface area (Å²) in [6.07, 6.45) is 6.64. The molecule has 0 aromatic rings. The molecule has 1 fully saturated rings. The molecule has 1 nitrogen and oxygen atoms in total. The van der Waals surface area contributed by atoms with Crippen LogP contribution in [0.2, 0.25) is 0 Å². The van der Waals surface area contributed by atoms with Crippen LogP contribution in [0.15, 0.2) is 0 Å². The molecule has 2 atom stereocenters. The fourth-order valence-corrected chi connectivity index (χ4v) is 2.41. The van der Waals surface area contributed by atoms with Crippen molar-refractivity contribution in [2.45, 2.75) is 39.0 Å². The lowest BCUT2D eigenvalue weighted by Crippen LogP contribution is -2.25. The summed E-state index contributed by atoms with van der Waals surface area (Å²) in [5.74, 6) is 1.25. The molecule has 0 N–H and O–H groups in total. The molecular formula is C10H17ClO. The zero-order chi connectivity index (χ0) is 9.03. The Morgan fingerprint density at radius 1 is 1.67 bits per heavy atom. The van der Waals surface area contributed by atoms with Crippen molar-refractivity contribution in [2.75, 3.05) is 5.88 Å². The second-order valence-electron chi connectivity index (χ2n) is 3.94. The third-order valence-corrected chi connectivity index (χ3v) is 3.54. The number of rotatable bonds is 4. The number of hydrogen-bond acceptors (Lipinski definition) is 1. The van der Waals surface area contributed by atoms with Crippen LogP contribution in [0.4, 0.5) is 0 Å². The van der Waals surface area contributed by atoms with Crippen LogP contribution in [0.1, 0.15) is 39.0 Å². The second kappa shape index (κ2) is 4.27. The topological polar surface area (TPSA) is 17.1 Å². The maximum atomic E-state index is 11.0. The van der Waals surface area contributed by atoms with Crippen LogP contribution in [0.25, 0.3) is 0 Å². The van der Waals surface area contributed by atoms with Gasteiger partial charge < -0.3 is 4.79 Å². The van der Waals surface area contributed by atoms with Gasteiger partial charge in [-0.1, -0.05) is 13.3 Å². The second-order valence-corrected chi connectivity index (χ2v) is 4.31. The summed E-state index contributed by atoms with van der Waals surface area (Å²) in [4.78, 5) is 11.0. The van der Waals surface area contributed by atoms with Gasteiger partial charge in [-0.05, 0) is 31.6 Å². The Balaban J connectivity index is 2.55. The van der Waals surface area contributed by atoms with Gasteiger partial charge in [0.25, 0.3) is 0 Å². The first-order chi connectivity index (χ1) is 5.75. The van der Waals surface area contributed by atoms with E-state index in [2.05, 4.69) is 6.92 Å². The van der Waals surface area contributed by atoms with Gasteiger partial charge in [0.15, 0.2) is 0 Å². The first-order valence-corrected chi connectivity index (χ1v) is 5.31. The van der Waals surface area contributed by atoms with Crippen molar-refractivity contribution in [3.05, 3.63) is 0 Å². The van der Waals surface area contributed by atoms with Crippen molar-refractivity contribution in [1.82, 2.24) is 0 Å². The van der Waals surface area contributed by atoms with Crippen molar-refractivity contribution in [3.63, 3.8) is 0 Å². The standard InChI is InChI=1S/C10H17ClO/c1-9-4-2-5-10(9,8-12)6-3-7-11/h8-9H,2-7H2,1H3. The summed E-state index contributed by atoms with van der Waals surface area (Å²) in [7, 11) is 0. The Labute approximate surface area is 79.5 Å². The van der Waals surface area contributed by atoms with E-state index in [0.29, 0.717) is 11.8 Å². The quantitative estimate of drug-likeness (QED) is 0.490. The van der Waals surface area contributed by atoms with E-state index in [9.17, 15) is 4.79 Å². The molecule has 0 heterocycles. The van der Waals surface area contributed by atoms with E-state index in [1.54, 1.807) is 0 Å². The Morgan fingerprint density at radius 2 is 2.42 bits per heavy atom. The van der Waals surface area contributed by atoms with Crippen LogP contribution in [-0.2, 0) is 4.79 Å². The first kappa shape index (κ1) is 10.0. The smallest absolute Gasteiger partial charge is 0.126 e. The maximum absolute atomic E-state index is 11.0. The summed E-state index contributed by atoms with van der Waals surface area (Å²) in [6.45, 7) is 2.19. The Bertz CT molecular complexity index is 158. The lowest BCUT2D eigenvalue weighted by molar-refractivity contribution is -0.118. The van der Waals surface area contributed by atoms with Crippen LogP contribution in [0.5, 0.6) is 0 Å². The van der Waals surface area contributed by atoms with Gasteiger partial charge in [-0.2, -0.15) is 0 Å². The summed E-state index contributed by atoms with van der Waals surface area (Å²) in [5.41, 5.74) is -0.0190. The lowest BCUT2D eigenvalue weighted by atomic mass is 9.77. The molecule has 2 unspecified atom stereocenters. The predicted molar refractivity (Wildman–Crippen MR) is 51.5 cm³/mol. The molecule has 0 aliphatic heterocycles. The number of carbonyl (C=O) groups excluding carboxylic acids is 1. The monoisotopic (exact) mass is 188 g/mol. The minimum atomic E-state index is -0.0190. The molecule has 0 saturated heterocycles. The fraction of sp³-hybridized carbons (Fsp3) is 0.900. The molecule has 0 radical (unpaired) electrons. The number of carbonyl (C=O) groups is 1. The van der Waals surface area contributed by atoms with Crippen molar-refractivity contribution < 1.29 is 4.79 Å². The molecule has 1 saturated carbocycles. The largest absolute Gasteiger partial charge is 0.303 e. The lowest BCUT2D eigenvalue weighted by Gasteiger charge is -2.26. The Morgan fingerprint density at radius 3 is 2.83 bits per heavy atom. The molecule has 12 heavy (non-hydrogen) atoms. The highest BCUT2D eigenvalue weighted by molar-refractivity contribution is 6.17. The minimum Gasteiger partial charge on any atom is -0.303 e. The zero-order valence-corrected chi connectivity index (χ0v) is 8.44. The van der Waals surface area contributed by atoms with E-state index in [4.69, 9.17) is 11.6 Å². The number of halogens is 1. The molecule has 0 bridgehead atoms. The molecule has 1 aliphatic rings. The molecule has 0 aromatic heterocycles. The van der Waals surface area contributed by atoms with Gasteiger partial charge in [0.1, 0.15) is 6.29 Å². The highest BCUT2D eigenvalue weighted by atomic mass is 35.5. The van der Waals surface area contributed by atoms with Crippen molar-refractivity contribution in [2.24, 2.45) is 11.3 Å². The molecule has 0 spiro atoms. The molecular weight excluding hydrogens is 172 g/mol. The molecule has 0 amide bonds. The van der Waals surface area contributed by atoms with Crippen LogP contribution >= 0.6 is 11.6 Å². The van der Waals surface area contributed by atoms with E-state index < -0.39 is 0 Å². The molecule has 2 heteroatoms. The summed E-state index contributed by atoms with van der Waals surface area (Å²) in [5, 5.41) is 0. The predicted octanol–water partition coefficient (Wildman–Crippen LogP) is 3.01. The van der Waals surface area contributed by atoms with Crippen molar-refractivity contribution >= 4 is 17.9 Å². The zero-order valence-electron chi connectivity index (χ0n) is 7.68. The van der Waals surface area contributed by atoms with E-state index in [-0.39, 0.29) is 5.41 Å². The van der Waals surface area contributed by atoms with Gasteiger partial charge in [0, 0.05) is 11.3 Å². The van der Waals surface area contributed by atoms with E-state index in [1.807, 2.05) is 0 Å². The first-order valence-electron chi connectivity index (χ1n) is 4.77. The number of alkyl halides is 1. The van der Waals surface area contributed by atoms with Crippen LogP contribution < -0.4 is 0 Å². The van der Waals surface area contributed by atoms with Gasteiger partial charge in [0.2, 0.25) is 0 Å². The van der Waals surface area contributed by atoms with Crippen molar-refractivity contribution in [1.29, 1.82) is 0 Å².